The minimum atomic E-state index is -4.21. The first-order chi connectivity index (χ1) is 28.1. The molecule has 59 heavy (non-hydrogen) atoms. The minimum absolute atomic E-state index is 0.0128. The number of fused-ring (bicyclic) bond motifs is 1. The molecule has 3 fully saturated rings. The molecule has 0 spiro atoms. The third kappa shape index (κ3) is 8.86. The van der Waals surface area contributed by atoms with E-state index in [2.05, 4.69) is 16.6 Å². The number of likely N-dealkylation sites (tertiary alicyclic amines) is 2. The number of carbonyl (C=O) groups excluding carboxylic acids is 4. The lowest BCUT2D eigenvalue weighted by Crippen LogP contribution is -2.57. The fourth-order valence-electron chi connectivity index (χ4n) is 8.14. The van der Waals surface area contributed by atoms with E-state index in [0.717, 1.165) is 36.2 Å². The molecule has 4 aromatic rings. The summed E-state index contributed by atoms with van der Waals surface area (Å²) >= 11 is 0.962. The Morgan fingerprint density at radius 1 is 1.03 bits per heavy atom. The van der Waals surface area contributed by atoms with Crippen molar-refractivity contribution >= 4 is 55.9 Å². The molecule has 13 nitrogen and oxygen atoms in total. The van der Waals surface area contributed by atoms with Crippen molar-refractivity contribution in [3.8, 4) is 22.8 Å². The van der Waals surface area contributed by atoms with Gasteiger partial charge in [-0.3, -0.25) is 19.2 Å². The Balaban J connectivity index is 1.22. The van der Waals surface area contributed by atoms with Crippen LogP contribution in [-0.2, 0) is 29.2 Å². The average Bonchev–Trinajstić information content (AvgIpc) is 3.51. The van der Waals surface area contributed by atoms with Gasteiger partial charge in [-0.1, -0.05) is 63.2 Å². The molecular weight excluding hydrogens is 791 g/mol. The van der Waals surface area contributed by atoms with E-state index < -0.39 is 56.8 Å². The zero-order valence-electron chi connectivity index (χ0n) is 33.8. The summed E-state index contributed by atoms with van der Waals surface area (Å²) in [5.74, 6) is -2.23. The van der Waals surface area contributed by atoms with Gasteiger partial charge in [0.2, 0.25) is 17.7 Å². The summed E-state index contributed by atoms with van der Waals surface area (Å²) < 4.78 is 40.6. The predicted octanol–water partition coefficient (Wildman–Crippen LogP) is 5.95. The molecule has 7 rings (SSSR count). The molecule has 312 valence electrons. The third-order valence-electron chi connectivity index (χ3n) is 11.7. The van der Waals surface area contributed by atoms with Gasteiger partial charge in [0.05, 0.1) is 30.8 Å². The van der Waals surface area contributed by atoms with Gasteiger partial charge in [0.1, 0.15) is 33.4 Å². The molecule has 4 amide bonds. The number of hydrogen-bond acceptors (Lipinski definition) is 10. The van der Waals surface area contributed by atoms with E-state index in [0.29, 0.717) is 41.2 Å². The zero-order chi connectivity index (χ0) is 42.1. The van der Waals surface area contributed by atoms with Crippen LogP contribution in [0.4, 0.5) is 0 Å². The molecule has 2 aromatic heterocycles. The number of rotatable bonds is 13. The van der Waals surface area contributed by atoms with Crippen molar-refractivity contribution in [2.45, 2.75) is 81.2 Å². The number of nitrogens with zero attached hydrogens (tertiary/aromatic N) is 3. The van der Waals surface area contributed by atoms with Crippen molar-refractivity contribution in [1.29, 1.82) is 0 Å². The van der Waals surface area contributed by atoms with Gasteiger partial charge in [-0.25, -0.2) is 18.1 Å². The molecule has 3 aliphatic rings. The summed E-state index contributed by atoms with van der Waals surface area (Å²) in [6.45, 7) is 10.8. The van der Waals surface area contributed by atoms with Crippen molar-refractivity contribution in [3.05, 3.63) is 84.8 Å². The van der Waals surface area contributed by atoms with Crippen LogP contribution in [0, 0.1) is 17.3 Å². The first-order valence-corrected chi connectivity index (χ1v) is 22.3. The Morgan fingerprint density at radius 2 is 1.78 bits per heavy atom. The van der Waals surface area contributed by atoms with Crippen molar-refractivity contribution in [1.82, 2.24) is 24.8 Å². The van der Waals surface area contributed by atoms with E-state index in [-0.39, 0.29) is 41.8 Å². The SMILES string of the molecule is C=C[C@@H]1C[C@]1(NC(=O)[C@@H]1C[C@@H](Oc2cc(-c3ccccc3)nc3cc(OC)ccc23)CN1C(=O)C(CC(=O)N1CCCCC1)C(C)(C)C)C(=O)NS(=O)(=O)c1cccs1. The molecular formula is C44H51N5O8S2. The van der Waals surface area contributed by atoms with Crippen molar-refractivity contribution < 1.29 is 37.1 Å². The summed E-state index contributed by atoms with van der Waals surface area (Å²) in [5.41, 5.74) is -0.121. The molecule has 2 saturated heterocycles. The van der Waals surface area contributed by atoms with Crippen LogP contribution >= 0.6 is 11.3 Å². The molecule has 2 aliphatic heterocycles. The number of ether oxygens (including phenoxy) is 2. The van der Waals surface area contributed by atoms with Gasteiger partial charge in [0, 0.05) is 54.9 Å². The first kappa shape index (κ1) is 41.9. The van der Waals surface area contributed by atoms with Gasteiger partial charge in [-0.2, -0.15) is 0 Å². The number of benzene rings is 2. The summed E-state index contributed by atoms with van der Waals surface area (Å²) in [6.07, 6.45) is 3.84. The molecule has 4 heterocycles. The smallest absolute Gasteiger partial charge is 0.273 e. The number of pyridine rings is 1. The van der Waals surface area contributed by atoms with E-state index in [1.165, 1.54) is 17.0 Å². The summed E-state index contributed by atoms with van der Waals surface area (Å²) in [7, 11) is -2.63. The number of nitrogens with one attached hydrogen (secondary N) is 2. The Morgan fingerprint density at radius 3 is 2.42 bits per heavy atom. The van der Waals surface area contributed by atoms with Crippen LogP contribution in [-0.4, -0.2) is 91.3 Å². The monoisotopic (exact) mass is 841 g/mol. The highest BCUT2D eigenvalue weighted by atomic mass is 32.2. The van der Waals surface area contributed by atoms with Crippen molar-refractivity contribution in [2.24, 2.45) is 17.3 Å². The maximum absolute atomic E-state index is 14.9. The second-order valence-electron chi connectivity index (χ2n) is 16.7. The largest absolute Gasteiger partial charge is 0.497 e. The Bertz CT molecular complexity index is 2340. The van der Waals surface area contributed by atoms with Crippen molar-refractivity contribution in [3.63, 3.8) is 0 Å². The molecule has 15 heteroatoms. The van der Waals surface area contributed by atoms with E-state index in [4.69, 9.17) is 14.5 Å². The Hall–Kier alpha value is -5.28. The van der Waals surface area contributed by atoms with Gasteiger partial charge >= 0.3 is 0 Å². The van der Waals surface area contributed by atoms with E-state index in [9.17, 15) is 27.6 Å². The highest BCUT2D eigenvalue weighted by Crippen LogP contribution is 2.46. The number of aromatic nitrogens is 1. The van der Waals surface area contributed by atoms with E-state index in [1.54, 1.807) is 18.6 Å². The van der Waals surface area contributed by atoms with E-state index >= 15 is 0 Å². The van der Waals surface area contributed by atoms with Crippen LogP contribution in [0.5, 0.6) is 11.5 Å². The number of thiophene rings is 1. The number of piperidine rings is 1. The molecule has 0 bridgehead atoms. The minimum Gasteiger partial charge on any atom is -0.497 e. The number of sulfonamides is 1. The Labute approximate surface area is 349 Å². The highest BCUT2D eigenvalue weighted by Gasteiger charge is 2.61. The number of amides is 4. The van der Waals surface area contributed by atoms with Gasteiger partial charge in [0.15, 0.2) is 0 Å². The normalized spacial score (nSPS) is 22.3. The maximum atomic E-state index is 14.9. The topological polar surface area (TPSA) is 164 Å². The second kappa shape index (κ2) is 16.8. The van der Waals surface area contributed by atoms with Crippen LogP contribution in [0.1, 0.15) is 59.3 Å². The Kier molecular flexibility index (Phi) is 11.9. The average molecular weight is 842 g/mol. The lowest BCUT2D eigenvalue weighted by Gasteiger charge is -2.36. The van der Waals surface area contributed by atoms with Gasteiger partial charge < -0.3 is 24.6 Å². The maximum Gasteiger partial charge on any atom is 0.273 e. The molecule has 1 aliphatic carbocycles. The fourth-order valence-corrected chi connectivity index (χ4v) is 10.2. The summed E-state index contributed by atoms with van der Waals surface area (Å²) in [5, 5.41) is 5.14. The predicted molar refractivity (Wildman–Crippen MR) is 225 cm³/mol. The number of hydrogen-bond donors (Lipinski definition) is 2. The number of carbonyl (C=O) groups is 4. The van der Waals surface area contributed by atoms with Crippen LogP contribution in [0.15, 0.2) is 89.0 Å². The molecule has 2 aromatic carbocycles. The molecule has 0 radical (unpaired) electrons. The van der Waals surface area contributed by atoms with Crippen LogP contribution in [0.25, 0.3) is 22.2 Å². The second-order valence-corrected chi connectivity index (χ2v) is 19.5. The summed E-state index contributed by atoms with van der Waals surface area (Å²) in [4.78, 5) is 65.2. The molecule has 1 unspecified atom stereocenters. The van der Waals surface area contributed by atoms with Gasteiger partial charge in [-0.15, -0.1) is 17.9 Å². The summed E-state index contributed by atoms with van der Waals surface area (Å²) in [6, 6.07) is 18.8. The van der Waals surface area contributed by atoms with Crippen LogP contribution in [0.2, 0.25) is 0 Å². The number of methoxy groups -OCH3 is 1. The molecule has 2 N–H and O–H groups in total. The quantitative estimate of drug-likeness (QED) is 0.155. The zero-order valence-corrected chi connectivity index (χ0v) is 35.4. The highest BCUT2D eigenvalue weighted by molar-refractivity contribution is 7.92. The van der Waals surface area contributed by atoms with Crippen LogP contribution < -0.4 is 19.5 Å². The van der Waals surface area contributed by atoms with Gasteiger partial charge in [-0.05, 0) is 54.7 Å². The lowest BCUT2D eigenvalue weighted by molar-refractivity contribution is -0.148. The lowest BCUT2D eigenvalue weighted by atomic mass is 9.77. The standard InChI is InChI=1S/C44H51N5O8S2/c1-6-29-26-44(29,42(53)47-59(54,55)39-16-13-21-58-39)46-40(51)36-23-31(27-49(36)41(52)33(43(2,3)4)24-38(50)48-19-11-8-12-20-48)57-37-25-34(28-14-9-7-10-15-28)45-35-22-30(56-5)17-18-32(35)37/h6-7,9-10,13-18,21-22,25,29,31,33,36H,1,8,11-12,19-20,23-24,26-27H2,2-5H3,(H,46,51)(H,47,53)/t29-,31-,33?,36+,44-/m1/s1. The van der Waals surface area contributed by atoms with Gasteiger partial charge in [0.25, 0.3) is 15.9 Å². The van der Waals surface area contributed by atoms with E-state index in [1.807, 2.05) is 80.3 Å². The molecule has 5 atom stereocenters. The third-order valence-corrected chi connectivity index (χ3v) is 14.4. The molecule has 1 saturated carbocycles. The van der Waals surface area contributed by atoms with Crippen molar-refractivity contribution in [2.75, 3.05) is 26.7 Å². The van der Waals surface area contributed by atoms with Crippen LogP contribution in [0.3, 0.4) is 0 Å². The fraction of sp³-hybridized carbons (Fsp3) is 0.432. The first-order valence-electron chi connectivity index (χ1n) is 20.0.